The van der Waals surface area contributed by atoms with Crippen molar-refractivity contribution in [3.8, 4) is 11.8 Å². The molecular formula is C41H54FN3O9S. The first-order valence-corrected chi connectivity index (χ1v) is 20.8. The number of esters is 1. The van der Waals surface area contributed by atoms with E-state index >= 15 is 0 Å². The molecule has 1 aromatic heterocycles. The van der Waals surface area contributed by atoms with Crippen LogP contribution in [0, 0.1) is 29.1 Å². The Labute approximate surface area is 323 Å². The fourth-order valence-electron chi connectivity index (χ4n) is 8.30. The monoisotopic (exact) mass is 783 g/mol. The van der Waals surface area contributed by atoms with Gasteiger partial charge in [0.15, 0.2) is 5.78 Å². The number of amides is 2. The number of carbonyl (C=O) groups is 4. The molecule has 55 heavy (non-hydrogen) atoms. The molecule has 3 fully saturated rings. The fraction of sp³-hybridized carbons (Fsp3) is 0.634. The minimum atomic E-state index is -4.34. The maximum atomic E-state index is 14.9. The highest BCUT2D eigenvalue weighted by atomic mass is 32.2. The summed E-state index contributed by atoms with van der Waals surface area (Å²) in [4.78, 5) is 62.8. The van der Waals surface area contributed by atoms with Crippen molar-refractivity contribution in [2.24, 2.45) is 29.1 Å². The van der Waals surface area contributed by atoms with Crippen molar-refractivity contribution in [3.63, 3.8) is 0 Å². The third-order valence-corrected chi connectivity index (χ3v) is 13.9. The van der Waals surface area contributed by atoms with E-state index < -0.39 is 80.0 Å². The van der Waals surface area contributed by atoms with Gasteiger partial charge in [-0.25, -0.2) is 12.8 Å². The number of benzene rings is 1. The molecule has 0 spiro atoms. The minimum absolute atomic E-state index is 0.00543. The van der Waals surface area contributed by atoms with E-state index in [4.69, 9.17) is 14.2 Å². The number of aromatic nitrogens is 1. The van der Waals surface area contributed by atoms with Gasteiger partial charge in [-0.15, -0.1) is 0 Å². The number of ether oxygens (including phenoxy) is 3. The first-order valence-electron chi connectivity index (χ1n) is 19.4. The van der Waals surface area contributed by atoms with Gasteiger partial charge in [-0.1, -0.05) is 44.2 Å². The number of hydrogen-bond donors (Lipinski definition) is 1. The van der Waals surface area contributed by atoms with E-state index in [1.54, 1.807) is 26.8 Å². The molecule has 2 aromatic rings. The molecule has 7 atom stereocenters. The number of methoxy groups -OCH3 is 1. The van der Waals surface area contributed by atoms with Gasteiger partial charge < -0.3 is 19.1 Å². The van der Waals surface area contributed by atoms with Gasteiger partial charge in [0, 0.05) is 24.3 Å². The first-order chi connectivity index (χ1) is 25.9. The second-order valence-electron chi connectivity index (χ2n) is 17.3. The molecule has 12 nitrogen and oxygen atoms in total. The molecule has 0 bridgehead atoms. The van der Waals surface area contributed by atoms with E-state index in [0.29, 0.717) is 24.1 Å². The second-order valence-corrected chi connectivity index (χ2v) is 19.3. The largest absolute Gasteiger partial charge is 0.481 e. The van der Waals surface area contributed by atoms with Gasteiger partial charge in [-0.3, -0.25) is 23.9 Å². The Balaban J connectivity index is 1.36. The quantitative estimate of drug-likeness (QED) is 0.241. The zero-order chi connectivity index (χ0) is 39.9. The van der Waals surface area contributed by atoms with E-state index in [1.165, 1.54) is 12.0 Å². The van der Waals surface area contributed by atoms with Crippen LogP contribution in [0.15, 0.2) is 42.5 Å². The summed E-state index contributed by atoms with van der Waals surface area (Å²) in [7, 11) is -2.84. The van der Waals surface area contributed by atoms with Crippen molar-refractivity contribution in [2.75, 3.05) is 20.3 Å². The van der Waals surface area contributed by atoms with Crippen LogP contribution in [0.4, 0.5) is 4.39 Å². The number of rotatable bonds is 9. The van der Waals surface area contributed by atoms with Gasteiger partial charge in [0.1, 0.15) is 23.1 Å². The minimum Gasteiger partial charge on any atom is -0.481 e. The Kier molecular flexibility index (Phi) is 11.4. The molecule has 0 radical (unpaired) electrons. The zero-order valence-electron chi connectivity index (χ0n) is 32.6. The number of ketones is 1. The lowest BCUT2D eigenvalue weighted by molar-refractivity contribution is -0.160. The molecule has 2 aliphatic carbocycles. The van der Waals surface area contributed by atoms with E-state index in [0.717, 1.165) is 11.8 Å². The number of nitrogens with one attached hydrogen (secondary N) is 1. The molecular weight excluding hydrogens is 730 g/mol. The highest BCUT2D eigenvalue weighted by molar-refractivity contribution is 7.91. The Morgan fingerprint density at radius 1 is 1.11 bits per heavy atom. The van der Waals surface area contributed by atoms with Crippen LogP contribution in [-0.2, 0) is 33.9 Å². The molecule has 1 N–H and O–H groups in total. The molecule has 1 aromatic carbocycles. The van der Waals surface area contributed by atoms with Crippen LogP contribution >= 0.6 is 0 Å². The highest BCUT2D eigenvalue weighted by Gasteiger charge is 2.63. The van der Waals surface area contributed by atoms with Gasteiger partial charge >= 0.3 is 5.97 Å². The average Bonchev–Trinajstić information content (AvgIpc) is 4.02. The lowest BCUT2D eigenvalue weighted by atomic mass is 9.82. The van der Waals surface area contributed by atoms with Crippen LogP contribution in [0.2, 0.25) is 0 Å². The van der Waals surface area contributed by atoms with Gasteiger partial charge in [0.05, 0.1) is 37.5 Å². The summed E-state index contributed by atoms with van der Waals surface area (Å²) in [5.74, 6) is -2.88. The molecule has 300 valence electrons. The number of halogens is 1. The van der Waals surface area contributed by atoms with Gasteiger partial charge in [-0.05, 0) is 88.5 Å². The zero-order valence-corrected chi connectivity index (χ0v) is 33.5. The summed E-state index contributed by atoms with van der Waals surface area (Å²) in [6, 6.07) is 8.21. The number of fused-ring (bicyclic) bond motifs is 3. The predicted octanol–water partition coefficient (Wildman–Crippen LogP) is 5.87. The number of nitrogens with zero attached hydrogens (tertiary/aromatic N) is 2. The maximum absolute atomic E-state index is 14.9. The fourth-order valence-corrected chi connectivity index (χ4v) is 9.74. The normalized spacial score (nSPS) is 30.3. The summed E-state index contributed by atoms with van der Waals surface area (Å²) < 4.78 is 58.4. The van der Waals surface area contributed by atoms with Crippen molar-refractivity contribution in [3.05, 3.63) is 42.5 Å². The summed E-state index contributed by atoms with van der Waals surface area (Å²) >= 11 is 0. The SMILES string of the molecule is COc1cc2ccccc2c(O[C@@H]2C[C@H]3C(=O)C[C@]4(C(=O)NS(=O)(=O)C5(CF)CC5)C[C@H]4/C=C\CC[C@@H](C)C[C@@H](C)[C@H](CC(=O)OC(C)(C)C)C(=O)N3C2)n1. The second kappa shape index (κ2) is 15.5. The Morgan fingerprint density at radius 2 is 1.84 bits per heavy atom. The number of hydrogen-bond acceptors (Lipinski definition) is 10. The first kappa shape index (κ1) is 40.6. The summed E-state index contributed by atoms with van der Waals surface area (Å²) in [5, 5.41) is 1.53. The topological polar surface area (TPSA) is 158 Å². The average molecular weight is 784 g/mol. The number of allylic oxidation sites excluding steroid dienone is 2. The van der Waals surface area contributed by atoms with Crippen LogP contribution in [0.5, 0.6) is 11.8 Å². The van der Waals surface area contributed by atoms with E-state index in [1.807, 2.05) is 43.3 Å². The van der Waals surface area contributed by atoms with Crippen molar-refractivity contribution in [1.82, 2.24) is 14.6 Å². The van der Waals surface area contributed by atoms with Crippen LogP contribution in [-0.4, -0.2) is 84.7 Å². The molecule has 3 heterocycles. The number of alkyl halides is 1. The van der Waals surface area contributed by atoms with Crippen LogP contribution in [0.3, 0.4) is 0 Å². The van der Waals surface area contributed by atoms with Crippen LogP contribution in [0.1, 0.15) is 92.4 Å². The van der Waals surface area contributed by atoms with Gasteiger partial charge in [0.25, 0.3) is 0 Å². The lowest BCUT2D eigenvalue weighted by Crippen LogP contribution is -2.48. The van der Waals surface area contributed by atoms with Gasteiger partial charge in [0.2, 0.25) is 33.6 Å². The predicted molar refractivity (Wildman–Crippen MR) is 203 cm³/mol. The Morgan fingerprint density at radius 3 is 2.51 bits per heavy atom. The molecule has 0 unspecified atom stereocenters. The number of pyridine rings is 1. The highest BCUT2D eigenvalue weighted by Crippen LogP contribution is 2.58. The maximum Gasteiger partial charge on any atom is 0.307 e. The van der Waals surface area contributed by atoms with E-state index in [-0.39, 0.29) is 62.8 Å². The number of carbonyl (C=O) groups excluding carboxylic acids is 4. The summed E-state index contributed by atoms with van der Waals surface area (Å²) in [6.07, 6.45) is 5.24. The molecule has 2 aliphatic heterocycles. The van der Waals surface area contributed by atoms with Crippen molar-refractivity contribution in [1.29, 1.82) is 0 Å². The Bertz CT molecular complexity index is 1960. The smallest absolute Gasteiger partial charge is 0.307 e. The molecule has 1 saturated heterocycles. The lowest BCUT2D eigenvalue weighted by Gasteiger charge is -2.32. The summed E-state index contributed by atoms with van der Waals surface area (Å²) in [6.45, 7) is 8.23. The van der Waals surface area contributed by atoms with E-state index in [9.17, 15) is 32.0 Å². The molecule has 2 amide bonds. The standard InChI is InChI=1S/C41H54FN3O9S/c1-25-11-7-9-13-28-21-41(28,38(49)44-55(50,51)40(24-42)15-16-40)22-33(46)32-19-29(53-36-30-14-10-8-12-27(30)18-34(43-36)52-6)23-45(32)37(48)31(26(2)17-25)20-35(47)54-39(3,4)5/h8-10,12-14,18,25-26,28-29,31-32H,7,11,15-17,19-24H2,1-6H3,(H,44,49)/b13-9-/t25-,26-,28-,29-,31+,32+,41-/m1/s1. The van der Waals surface area contributed by atoms with Crippen LogP contribution < -0.4 is 14.2 Å². The molecule has 2 saturated carbocycles. The summed E-state index contributed by atoms with van der Waals surface area (Å²) in [5.41, 5.74) is -2.16. The number of sulfonamides is 1. The van der Waals surface area contributed by atoms with Gasteiger partial charge in [-0.2, -0.15) is 4.98 Å². The molecule has 14 heteroatoms. The molecule has 6 rings (SSSR count). The Hall–Kier alpha value is -4.07. The van der Waals surface area contributed by atoms with Crippen molar-refractivity contribution < 1.29 is 46.2 Å². The van der Waals surface area contributed by atoms with Crippen molar-refractivity contribution >= 4 is 44.4 Å². The third kappa shape index (κ3) is 8.68. The number of Topliss-reactive ketones (excluding diaryl/α,β-unsaturated/α-hetero) is 1. The van der Waals surface area contributed by atoms with E-state index in [2.05, 4.69) is 16.6 Å². The third-order valence-electron chi connectivity index (χ3n) is 11.8. The van der Waals surface area contributed by atoms with Crippen LogP contribution in [0.25, 0.3) is 10.8 Å². The van der Waals surface area contributed by atoms with Crippen molar-refractivity contribution in [2.45, 2.75) is 115 Å². The molecule has 4 aliphatic rings.